The predicted molar refractivity (Wildman–Crippen MR) is 232 cm³/mol. The van der Waals surface area contributed by atoms with Gasteiger partial charge >= 0.3 is 0 Å². The Kier molecular flexibility index (Phi) is 6.83. The number of benzene rings is 8. The number of hydrogen-bond donors (Lipinski definition) is 0. The Hall–Kier alpha value is -7.83. The van der Waals surface area contributed by atoms with E-state index in [2.05, 4.69) is 130 Å². The lowest BCUT2D eigenvalue weighted by molar-refractivity contribution is 0.671. The fourth-order valence-corrected chi connectivity index (χ4v) is 8.70. The van der Waals surface area contributed by atoms with E-state index < -0.39 is 0 Å². The van der Waals surface area contributed by atoms with Crippen molar-refractivity contribution in [1.29, 1.82) is 0 Å². The number of furan rings is 1. The molecule has 4 heterocycles. The molecule has 0 aliphatic carbocycles. The average molecular weight is 730 g/mol. The topological polar surface area (TPSA) is 61.7 Å². The number of rotatable bonds is 5. The standard InChI is InChI=1S/C51H31N5O/c1-4-16-32(17-5-1)49-52-50(33-18-6-2-7-19-33)54-51(53-49)34-28-30-36(31-29-34)56-41-26-14-11-23-38(41)45-46-43(44-39-24-12-15-27-42(39)57-48(44)47(45)56)37-22-10-13-25-40(37)55(46)35-20-8-3-9-21-35/h1-31H. The highest BCUT2D eigenvalue weighted by atomic mass is 16.3. The van der Waals surface area contributed by atoms with Crippen LogP contribution in [0.1, 0.15) is 0 Å². The van der Waals surface area contributed by atoms with Crippen LogP contribution >= 0.6 is 0 Å². The molecule has 6 nitrogen and oxygen atoms in total. The first-order valence-electron chi connectivity index (χ1n) is 19.1. The van der Waals surface area contributed by atoms with Gasteiger partial charge in [0.15, 0.2) is 23.1 Å². The molecule has 0 radical (unpaired) electrons. The van der Waals surface area contributed by atoms with Gasteiger partial charge in [-0.2, -0.15) is 0 Å². The van der Waals surface area contributed by atoms with Crippen molar-refractivity contribution in [2.45, 2.75) is 0 Å². The maximum Gasteiger partial charge on any atom is 0.164 e. The van der Waals surface area contributed by atoms with Crippen LogP contribution in [0.3, 0.4) is 0 Å². The van der Waals surface area contributed by atoms with Crippen LogP contribution < -0.4 is 0 Å². The summed E-state index contributed by atoms with van der Waals surface area (Å²) in [6.45, 7) is 0. The zero-order valence-corrected chi connectivity index (χ0v) is 30.5. The Bertz CT molecular complexity index is 3430. The summed E-state index contributed by atoms with van der Waals surface area (Å²) in [6, 6.07) is 65.3. The number of aromatic nitrogens is 5. The predicted octanol–water partition coefficient (Wildman–Crippen LogP) is 13.0. The first-order chi connectivity index (χ1) is 28.3. The Labute approximate surface area is 326 Å². The molecule has 0 amide bonds. The van der Waals surface area contributed by atoms with Gasteiger partial charge in [0.2, 0.25) is 0 Å². The van der Waals surface area contributed by atoms with E-state index in [4.69, 9.17) is 19.4 Å². The summed E-state index contributed by atoms with van der Waals surface area (Å²) in [5, 5.41) is 6.90. The minimum absolute atomic E-state index is 0.616. The molecule has 0 atom stereocenters. The number of nitrogens with zero attached hydrogens (tertiary/aromatic N) is 5. The van der Waals surface area contributed by atoms with Crippen molar-refractivity contribution in [1.82, 2.24) is 24.1 Å². The first-order valence-corrected chi connectivity index (χ1v) is 19.1. The molecular formula is C51H31N5O. The van der Waals surface area contributed by atoms with Crippen molar-refractivity contribution in [2.75, 3.05) is 0 Å². The van der Waals surface area contributed by atoms with Gasteiger partial charge < -0.3 is 13.6 Å². The van der Waals surface area contributed by atoms with E-state index in [9.17, 15) is 0 Å². The van der Waals surface area contributed by atoms with Crippen LogP contribution in [0.25, 0.3) is 111 Å². The second-order valence-corrected chi connectivity index (χ2v) is 14.4. The molecule has 57 heavy (non-hydrogen) atoms. The summed E-state index contributed by atoms with van der Waals surface area (Å²) in [5.74, 6) is 1.89. The average Bonchev–Trinajstić information content (AvgIpc) is 3.95. The van der Waals surface area contributed by atoms with Gasteiger partial charge in [0, 0.05) is 60.4 Å². The Morgan fingerprint density at radius 2 is 0.772 bits per heavy atom. The van der Waals surface area contributed by atoms with Gasteiger partial charge in [-0.1, -0.05) is 133 Å². The molecule has 12 aromatic rings. The summed E-state index contributed by atoms with van der Waals surface area (Å²) >= 11 is 0. The lowest BCUT2D eigenvalue weighted by Gasteiger charge is -2.12. The lowest BCUT2D eigenvalue weighted by atomic mass is 10.0. The number of hydrogen-bond acceptors (Lipinski definition) is 4. The van der Waals surface area contributed by atoms with Gasteiger partial charge in [-0.3, -0.25) is 0 Å². The fraction of sp³-hybridized carbons (Fsp3) is 0. The minimum atomic E-state index is 0.616. The van der Waals surface area contributed by atoms with Crippen molar-refractivity contribution >= 4 is 65.6 Å². The van der Waals surface area contributed by atoms with E-state index in [0.717, 1.165) is 82.8 Å². The van der Waals surface area contributed by atoms with E-state index in [1.165, 1.54) is 10.8 Å². The molecule has 0 aliphatic heterocycles. The Morgan fingerprint density at radius 3 is 1.37 bits per heavy atom. The molecule has 0 bridgehead atoms. The van der Waals surface area contributed by atoms with E-state index >= 15 is 0 Å². The van der Waals surface area contributed by atoms with E-state index in [1.54, 1.807) is 0 Å². The minimum Gasteiger partial charge on any atom is -0.454 e. The maximum atomic E-state index is 6.98. The molecule has 6 heteroatoms. The normalized spacial score (nSPS) is 11.9. The highest BCUT2D eigenvalue weighted by Crippen LogP contribution is 2.49. The summed E-state index contributed by atoms with van der Waals surface area (Å²) in [6.07, 6.45) is 0. The fourth-order valence-electron chi connectivity index (χ4n) is 8.70. The Balaban J connectivity index is 1.16. The molecule has 4 aromatic heterocycles. The lowest BCUT2D eigenvalue weighted by Crippen LogP contribution is -2.00. The van der Waals surface area contributed by atoms with Crippen molar-refractivity contribution in [2.24, 2.45) is 0 Å². The van der Waals surface area contributed by atoms with Crippen molar-refractivity contribution in [3.63, 3.8) is 0 Å². The summed E-state index contributed by atoms with van der Waals surface area (Å²) < 4.78 is 11.8. The smallest absolute Gasteiger partial charge is 0.164 e. The largest absolute Gasteiger partial charge is 0.454 e. The zero-order valence-electron chi connectivity index (χ0n) is 30.5. The van der Waals surface area contributed by atoms with Gasteiger partial charge in [-0.25, -0.2) is 15.0 Å². The van der Waals surface area contributed by atoms with Gasteiger partial charge in [0.05, 0.1) is 22.1 Å². The summed E-state index contributed by atoms with van der Waals surface area (Å²) in [7, 11) is 0. The van der Waals surface area contributed by atoms with Crippen molar-refractivity contribution in [3.8, 4) is 45.5 Å². The summed E-state index contributed by atoms with van der Waals surface area (Å²) in [5.41, 5.74) is 11.1. The van der Waals surface area contributed by atoms with E-state index in [0.29, 0.717) is 17.5 Å². The van der Waals surface area contributed by atoms with Gasteiger partial charge in [0.25, 0.3) is 0 Å². The number of fused-ring (bicyclic) bond motifs is 12. The molecule has 0 N–H and O–H groups in total. The van der Waals surface area contributed by atoms with Crippen LogP contribution in [-0.4, -0.2) is 24.1 Å². The highest BCUT2D eigenvalue weighted by molar-refractivity contribution is 6.39. The second kappa shape index (κ2) is 12.3. The summed E-state index contributed by atoms with van der Waals surface area (Å²) in [4.78, 5) is 14.9. The third-order valence-corrected chi connectivity index (χ3v) is 11.1. The zero-order chi connectivity index (χ0) is 37.5. The van der Waals surface area contributed by atoms with Crippen LogP contribution in [0, 0.1) is 0 Å². The van der Waals surface area contributed by atoms with Gasteiger partial charge in [-0.05, 0) is 54.6 Å². The van der Waals surface area contributed by atoms with Crippen LogP contribution in [0.15, 0.2) is 192 Å². The number of para-hydroxylation sites is 4. The highest BCUT2D eigenvalue weighted by Gasteiger charge is 2.27. The SMILES string of the molecule is c1ccc(-c2nc(-c3ccccc3)nc(-c3ccc(-n4c5ccccc5c5c4c4oc6ccccc6c4c4c6ccccc6n(-c6ccccc6)c45)cc3)n2)cc1. The first kappa shape index (κ1) is 31.5. The van der Waals surface area contributed by atoms with E-state index in [-0.39, 0.29) is 0 Å². The second-order valence-electron chi connectivity index (χ2n) is 14.4. The van der Waals surface area contributed by atoms with Gasteiger partial charge in [0.1, 0.15) is 5.58 Å². The van der Waals surface area contributed by atoms with Crippen LogP contribution in [0.2, 0.25) is 0 Å². The molecule has 12 rings (SSSR count). The molecule has 0 unspecified atom stereocenters. The third-order valence-electron chi connectivity index (χ3n) is 11.1. The van der Waals surface area contributed by atoms with Crippen LogP contribution in [-0.2, 0) is 0 Å². The molecule has 0 fully saturated rings. The molecule has 0 saturated carbocycles. The van der Waals surface area contributed by atoms with Crippen molar-refractivity contribution < 1.29 is 4.42 Å². The maximum absolute atomic E-state index is 6.98. The molecule has 8 aromatic carbocycles. The molecular weight excluding hydrogens is 699 g/mol. The quantitative estimate of drug-likeness (QED) is 0.177. The molecule has 0 saturated heterocycles. The molecule has 0 aliphatic rings. The third kappa shape index (κ3) is 4.74. The monoisotopic (exact) mass is 729 g/mol. The molecule has 0 spiro atoms. The Morgan fingerprint density at radius 1 is 0.333 bits per heavy atom. The van der Waals surface area contributed by atoms with Crippen LogP contribution in [0.5, 0.6) is 0 Å². The van der Waals surface area contributed by atoms with Crippen LogP contribution in [0.4, 0.5) is 0 Å². The van der Waals surface area contributed by atoms with Gasteiger partial charge in [-0.15, -0.1) is 0 Å². The van der Waals surface area contributed by atoms with E-state index in [1.807, 2.05) is 66.7 Å². The van der Waals surface area contributed by atoms with Crippen molar-refractivity contribution in [3.05, 3.63) is 188 Å². The molecule has 266 valence electrons.